The fraction of sp³-hybridized carbons (Fsp3) is 0.500. The molecule has 0 bridgehead atoms. The second kappa shape index (κ2) is 3.87. The summed E-state index contributed by atoms with van der Waals surface area (Å²) in [6.45, 7) is 7.02. The van der Waals surface area contributed by atoms with E-state index in [0.29, 0.717) is 12.1 Å². The number of hydrogen-bond donors (Lipinski definition) is 1. The van der Waals surface area contributed by atoms with Crippen molar-refractivity contribution in [3.05, 3.63) is 29.1 Å². The number of ether oxygens (including phenoxy) is 1. The molecular formula is C12H16N2O2. The third kappa shape index (κ3) is 2.22. The maximum Gasteiger partial charge on any atom is 0.339 e. The summed E-state index contributed by atoms with van der Waals surface area (Å²) in [5, 5.41) is 3.18. The number of pyridine rings is 1. The second-order valence-corrected chi connectivity index (χ2v) is 4.89. The number of nitrogens with zero attached hydrogens (tertiary/aromatic N) is 1. The summed E-state index contributed by atoms with van der Waals surface area (Å²) < 4.78 is 5.35. The molecule has 1 aliphatic rings. The number of carbonyl (C=O) groups is 1. The average Bonchev–Trinajstić information content (AvgIpc) is 2.61. The summed E-state index contributed by atoms with van der Waals surface area (Å²) >= 11 is 0. The topological polar surface area (TPSA) is 51.2 Å². The molecule has 0 fully saturated rings. The Labute approximate surface area is 95.0 Å². The quantitative estimate of drug-likeness (QED) is 0.731. The van der Waals surface area contributed by atoms with Crippen molar-refractivity contribution >= 4 is 5.97 Å². The van der Waals surface area contributed by atoms with E-state index >= 15 is 0 Å². The van der Waals surface area contributed by atoms with Crippen LogP contribution in [0.4, 0.5) is 0 Å². The van der Waals surface area contributed by atoms with Crippen molar-refractivity contribution in [3.8, 4) is 0 Å². The van der Waals surface area contributed by atoms with Crippen LogP contribution >= 0.6 is 0 Å². The van der Waals surface area contributed by atoms with Gasteiger partial charge in [0.2, 0.25) is 0 Å². The predicted molar refractivity (Wildman–Crippen MR) is 59.9 cm³/mol. The molecular weight excluding hydrogens is 204 g/mol. The number of nitrogens with one attached hydrogen (secondary N) is 1. The lowest BCUT2D eigenvalue weighted by atomic mass is 10.1. The minimum absolute atomic E-state index is 0.269. The Bertz CT molecular complexity index is 422. The number of carbonyl (C=O) groups excluding carboxylic acids is 1. The van der Waals surface area contributed by atoms with E-state index in [1.807, 2.05) is 20.8 Å². The first-order chi connectivity index (χ1) is 7.47. The van der Waals surface area contributed by atoms with Gasteiger partial charge in [-0.15, -0.1) is 0 Å². The van der Waals surface area contributed by atoms with E-state index in [1.54, 1.807) is 12.3 Å². The summed E-state index contributed by atoms with van der Waals surface area (Å²) in [7, 11) is 0. The monoisotopic (exact) mass is 220 g/mol. The van der Waals surface area contributed by atoms with Crippen LogP contribution in [0.2, 0.25) is 0 Å². The van der Waals surface area contributed by atoms with Crippen molar-refractivity contribution < 1.29 is 9.53 Å². The molecule has 4 nitrogen and oxygen atoms in total. The normalized spacial score (nSPS) is 14.7. The number of aromatic nitrogens is 1. The molecule has 0 atom stereocenters. The Morgan fingerprint density at radius 2 is 2.19 bits per heavy atom. The molecule has 0 aromatic carbocycles. The van der Waals surface area contributed by atoms with E-state index in [9.17, 15) is 4.79 Å². The predicted octanol–water partition coefficient (Wildman–Crippen LogP) is 1.64. The SMILES string of the molecule is CC(C)(C)OC(=O)c1ccnc2c1CNC2. The molecule has 4 heteroatoms. The average molecular weight is 220 g/mol. The highest BCUT2D eigenvalue weighted by Gasteiger charge is 2.23. The van der Waals surface area contributed by atoms with E-state index in [1.165, 1.54) is 0 Å². The molecule has 86 valence electrons. The number of hydrogen-bond acceptors (Lipinski definition) is 4. The molecule has 2 rings (SSSR count). The first kappa shape index (κ1) is 11.1. The third-order valence-corrected chi connectivity index (χ3v) is 2.36. The number of fused-ring (bicyclic) bond motifs is 1. The van der Waals surface area contributed by atoms with Crippen molar-refractivity contribution in [2.24, 2.45) is 0 Å². The molecule has 2 heterocycles. The standard InChI is InChI=1S/C12H16N2O2/c1-12(2,3)16-11(15)8-4-5-14-10-7-13-6-9(8)10/h4-5,13H,6-7H2,1-3H3. The molecule has 0 spiro atoms. The smallest absolute Gasteiger partial charge is 0.339 e. The van der Waals surface area contributed by atoms with Gasteiger partial charge in [0, 0.05) is 24.8 Å². The zero-order valence-corrected chi connectivity index (χ0v) is 9.83. The van der Waals surface area contributed by atoms with Crippen molar-refractivity contribution in [3.63, 3.8) is 0 Å². The van der Waals surface area contributed by atoms with Gasteiger partial charge in [0.1, 0.15) is 5.60 Å². The van der Waals surface area contributed by atoms with Crippen LogP contribution in [0.1, 0.15) is 42.4 Å². The van der Waals surface area contributed by atoms with Crippen LogP contribution in [0, 0.1) is 0 Å². The fourth-order valence-electron chi connectivity index (χ4n) is 1.72. The Hall–Kier alpha value is -1.42. The summed E-state index contributed by atoms with van der Waals surface area (Å²) in [5.74, 6) is -0.269. The summed E-state index contributed by atoms with van der Waals surface area (Å²) in [5.41, 5.74) is 2.09. The molecule has 1 N–H and O–H groups in total. The summed E-state index contributed by atoms with van der Waals surface area (Å²) in [6.07, 6.45) is 1.66. The fourth-order valence-corrected chi connectivity index (χ4v) is 1.72. The van der Waals surface area contributed by atoms with E-state index < -0.39 is 5.60 Å². The van der Waals surface area contributed by atoms with Crippen LogP contribution in [-0.2, 0) is 17.8 Å². The van der Waals surface area contributed by atoms with Gasteiger partial charge in [0.15, 0.2) is 0 Å². The minimum atomic E-state index is -0.459. The molecule has 0 radical (unpaired) electrons. The van der Waals surface area contributed by atoms with Crippen molar-refractivity contribution in [2.75, 3.05) is 0 Å². The molecule has 1 aliphatic heterocycles. The number of rotatable bonds is 1. The largest absolute Gasteiger partial charge is 0.456 e. The Morgan fingerprint density at radius 3 is 2.88 bits per heavy atom. The van der Waals surface area contributed by atoms with Gasteiger partial charge < -0.3 is 10.1 Å². The highest BCUT2D eigenvalue weighted by molar-refractivity contribution is 5.91. The molecule has 16 heavy (non-hydrogen) atoms. The van der Waals surface area contributed by atoms with Gasteiger partial charge in [0.05, 0.1) is 11.3 Å². The van der Waals surface area contributed by atoms with Gasteiger partial charge in [-0.25, -0.2) is 4.79 Å². The highest BCUT2D eigenvalue weighted by Crippen LogP contribution is 2.20. The highest BCUT2D eigenvalue weighted by atomic mass is 16.6. The van der Waals surface area contributed by atoms with Crippen molar-refractivity contribution in [1.29, 1.82) is 0 Å². The van der Waals surface area contributed by atoms with Gasteiger partial charge in [-0.05, 0) is 26.8 Å². The van der Waals surface area contributed by atoms with Crippen LogP contribution in [0.25, 0.3) is 0 Å². The zero-order chi connectivity index (χ0) is 11.8. The van der Waals surface area contributed by atoms with Gasteiger partial charge >= 0.3 is 5.97 Å². The maximum absolute atomic E-state index is 11.9. The Kier molecular flexibility index (Phi) is 2.68. The molecule has 0 unspecified atom stereocenters. The first-order valence-electron chi connectivity index (χ1n) is 5.38. The van der Waals surface area contributed by atoms with Crippen LogP contribution in [0.15, 0.2) is 12.3 Å². The molecule has 1 aromatic rings. The van der Waals surface area contributed by atoms with Crippen molar-refractivity contribution in [1.82, 2.24) is 10.3 Å². The number of esters is 1. The van der Waals surface area contributed by atoms with Gasteiger partial charge in [-0.1, -0.05) is 0 Å². The molecule has 0 saturated carbocycles. The molecule has 0 saturated heterocycles. The lowest BCUT2D eigenvalue weighted by Gasteiger charge is -2.20. The van der Waals surface area contributed by atoms with Crippen LogP contribution < -0.4 is 5.32 Å². The van der Waals surface area contributed by atoms with Crippen molar-refractivity contribution in [2.45, 2.75) is 39.5 Å². The van der Waals surface area contributed by atoms with Crippen LogP contribution in [-0.4, -0.2) is 16.6 Å². The molecule has 0 amide bonds. The maximum atomic E-state index is 11.9. The van der Waals surface area contributed by atoms with E-state index in [0.717, 1.165) is 17.8 Å². The summed E-state index contributed by atoms with van der Waals surface area (Å²) in [4.78, 5) is 16.2. The first-order valence-corrected chi connectivity index (χ1v) is 5.38. The van der Waals surface area contributed by atoms with Gasteiger partial charge in [-0.2, -0.15) is 0 Å². The van der Waals surface area contributed by atoms with Crippen LogP contribution in [0.3, 0.4) is 0 Å². The molecule has 1 aromatic heterocycles. The minimum Gasteiger partial charge on any atom is -0.456 e. The second-order valence-electron chi connectivity index (χ2n) is 4.89. The van der Waals surface area contributed by atoms with E-state index in [2.05, 4.69) is 10.3 Å². The molecule has 0 aliphatic carbocycles. The van der Waals surface area contributed by atoms with Crippen LogP contribution in [0.5, 0.6) is 0 Å². The summed E-state index contributed by atoms with van der Waals surface area (Å²) in [6, 6.07) is 1.72. The van der Waals surface area contributed by atoms with E-state index in [-0.39, 0.29) is 5.97 Å². The third-order valence-electron chi connectivity index (χ3n) is 2.36. The van der Waals surface area contributed by atoms with Gasteiger partial charge in [-0.3, -0.25) is 4.98 Å². The van der Waals surface area contributed by atoms with Gasteiger partial charge in [0.25, 0.3) is 0 Å². The van der Waals surface area contributed by atoms with E-state index in [4.69, 9.17) is 4.74 Å². The lowest BCUT2D eigenvalue weighted by molar-refractivity contribution is 0.00682. The zero-order valence-electron chi connectivity index (χ0n) is 9.83. The Balaban J connectivity index is 2.28. The lowest BCUT2D eigenvalue weighted by Crippen LogP contribution is -2.24. The Morgan fingerprint density at radius 1 is 1.44 bits per heavy atom.